The fraction of sp³-hybridized carbons (Fsp3) is 0.333. The molecule has 1 aliphatic heterocycles. The average molecular weight is 490 g/mol. The first kappa shape index (κ1) is 24.1. The molecule has 2 aromatic heterocycles. The first-order valence-corrected chi connectivity index (χ1v) is 12.0. The lowest BCUT2D eigenvalue weighted by Crippen LogP contribution is -2.43. The van der Waals surface area contributed by atoms with Crippen molar-refractivity contribution in [2.75, 3.05) is 45.8 Å². The number of benzene rings is 2. The highest BCUT2D eigenvalue weighted by Crippen LogP contribution is 2.35. The number of piperidine rings is 1. The fourth-order valence-electron chi connectivity index (χ4n) is 4.82. The van der Waals surface area contributed by atoms with Gasteiger partial charge in [0.25, 0.3) is 0 Å². The van der Waals surface area contributed by atoms with Crippen molar-refractivity contribution >= 4 is 17.2 Å². The molecule has 3 N–H and O–H groups in total. The number of hydrogen-bond donors (Lipinski definition) is 3. The third-order valence-corrected chi connectivity index (χ3v) is 6.76. The summed E-state index contributed by atoms with van der Waals surface area (Å²) in [5.74, 6) is 1.28. The summed E-state index contributed by atoms with van der Waals surface area (Å²) in [6.07, 6.45) is 2.14. The molecule has 2 atom stereocenters. The van der Waals surface area contributed by atoms with Gasteiger partial charge in [-0.05, 0) is 54.9 Å². The summed E-state index contributed by atoms with van der Waals surface area (Å²) >= 11 is 0. The zero-order valence-electron chi connectivity index (χ0n) is 20.5. The number of aromatic nitrogens is 3. The number of methoxy groups -OCH3 is 2. The fourth-order valence-corrected chi connectivity index (χ4v) is 4.82. The number of anilines is 2. The van der Waals surface area contributed by atoms with Crippen molar-refractivity contribution in [3.63, 3.8) is 0 Å². The molecule has 0 spiro atoms. The van der Waals surface area contributed by atoms with E-state index >= 15 is 0 Å². The van der Waals surface area contributed by atoms with Crippen LogP contribution in [0.1, 0.15) is 17.9 Å². The third-order valence-electron chi connectivity index (χ3n) is 6.76. The van der Waals surface area contributed by atoms with Crippen LogP contribution in [-0.4, -0.2) is 76.3 Å². The Labute approximate surface area is 209 Å². The van der Waals surface area contributed by atoms with E-state index in [1.54, 1.807) is 37.1 Å². The van der Waals surface area contributed by atoms with Crippen molar-refractivity contribution in [3.8, 4) is 22.8 Å². The maximum atomic E-state index is 10.8. The number of aliphatic hydroxyl groups is 1. The van der Waals surface area contributed by atoms with Gasteiger partial charge in [-0.3, -0.25) is 4.90 Å². The molecule has 2 aromatic carbocycles. The second kappa shape index (κ2) is 10.5. The summed E-state index contributed by atoms with van der Waals surface area (Å²) in [7, 11) is 3.32. The number of nitrogens with one attached hydrogen (secondary N) is 1. The number of para-hydroxylation sites is 1. The number of phenolic OH excluding ortho intramolecular Hbond substituents is 1. The van der Waals surface area contributed by atoms with Gasteiger partial charge in [-0.25, -0.2) is 9.50 Å². The molecule has 4 aromatic rings. The van der Waals surface area contributed by atoms with Gasteiger partial charge in [-0.1, -0.05) is 18.2 Å². The Kier molecular flexibility index (Phi) is 7.04. The van der Waals surface area contributed by atoms with E-state index in [4.69, 9.17) is 9.47 Å². The lowest BCUT2D eigenvalue weighted by Gasteiger charge is -2.36. The van der Waals surface area contributed by atoms with Gasteiger partial charge in [-0.15, -0.1) is 5.10 Å². The molecule has 1 fully saturated rings. The van der Waals surface area contributed by atoms with Crippen LogP contribution < -0.4 is 10.1 Å². The highest BCUT2D eigenvalue weighted by Gasteiger charge is 2.29. The van der Waals surface area contributed by atoms with E-state index in [0.29, 0.717) is 30.4 Å². The molecule has 1 aliphatic rings. The molecule has 0 amide bonds. The van der Waals surface area contributed by atoms with Crippen molar-refractivity contribution in [2.24, 2.45) is 0 Å². The van der Waals surface area contributed by atoms with Crippen LogP contribution in [0.25, 0.3) is 16.8 Å². The normalized spacial score (nSPS) is 18.4. The van der Waals surface area contributed by atoms with Gasteiger partial charge in [0.2, 0.25) is 5.95 Å². The highest BCUT2D eigenvalue weighted by molar-refractivity contribution is 5.72. The number of ether oxygens (including phenoxy) is 2. The van der Waals surface area contributed by atoms with Crippen LogP contribution in [0, 0.1) is 0 Å². The SMILES string of the molecule is COCCN1CCC(c2ccc(Nc3ncc4ccc(-c5ccccc5O)n4n3)c(OC)c2)C(O)C1. The maximum Gasteiger partial charge on any atom is 0.245 e. The molecular weight excluding hydrogens is 458 g/mol. The number of nitrogens with zero attached hydrogens (tertiary/aromatic N) is 4. The zero-order valence-corrected chi connectivity index (χ0v) is 20.5. The minimum absolute atomic E-state index is 0.0420. The van der Waals surface area contributed by atoms with Crippen LogP contribution in [0.2, 0.25) is 0 Å². The van der Waals surface area contributed by atoms with Gasteiger partial charge in [0, 0.05) is 31.7 Å². The Morgan fingerprint density at radius 2 is 1.97 bits per heavy atom. The minimum atomic E-state index is -0.452. The molecule has 5 rings (SSSR count). The number of phenols is 1. The van der Waals surface area contributed by atoms with Crippen molar-refractivity contribution in [2.45, 2.75) is 18.4 Å². The molecule has 36 heavy (non-hydrogen) atoms. The number of aliphatic hydroxyl groups excluding tert-OH is 1. The van der Waals surface area contributed by atoms with Crippen LogP contribution in [0.15, 0.2) is 60.8 Å². The van der Waals surface area contributed by atoms with Gasteiger partial charge in [-0.2, -0.15) is 0 Å². The smallest absolute Gasteiger partial charge is 0.245 e. The standard InChI is InChI=1S/C27H31N5O4/c1-35-14-13-31-12-11-20(25(34)17-31)18-7-9-22(26(15-18)36-2)29-27-28-16-19-8-10-23(32(19)30-27)21-5-3-4-6-24(21)33/h3-10,15-16,20,25,33-34H,11-14,17H2,1-2H3,(H,29,30). The Bertz CT molecular complexity index is 1340. The van der Waals surface area contributed by atoms with E-state index in [1.807, 2.05) is 42.5 Å². The quantitative estimate of drug-likeness (QED) is 0.345. The van der Waals surface area contributed by atoms with Crippen molar-refractivity contribution in [3.05, 3.63) is 66.4 Å². The highest BCUT2D eigenvalue weighted by atomic mass is 16.5. The van der Waals surface area contributed by atoms with Crippen LogP contribution in [0.3, 0.4) is 0 Å². The average Bonchev–Trinajstić information content (AvgIpc) is 3.31. The number of aromatic hydroxyl groups is 1. The monoisotopic (exact) mass is 489 g/mol. The molecule has 0 aliphatic carbocycles. The van der Waals surface area contributed by atoms with Crippen molar-refractivity contribution in [1.82, 2.24) is 19.5 Å². The number of rotatable bonds is 8. The van der Waals surface area contributed by atoms with Crippen LogP contribution in [-0.2, 0) is 4.74 Å². The van der Waals surface area contributed by atoms with E-state index in [0.717, 1.165) is 42.0 Å². The Morgan fingerprint density at radius 1 is 1.11 bits per heavy atom. The zero-order chi connectivity index (χ0) is 25.1. The first-order valence-electron chi connectivity index (χ1n) is 12.0. The molecule has 3 heterocycles. The van der Waals surface area contributed by atoms with Gasteiger partial charge >= 0.3 is 0 Å². The number of β-amino-alcohol motifs (C(OH)–C–C–N with tert-alkyl or cyclic N) is 1. The molecular formula is C27H31N5O4. The predicted octanol–water partition coefficient (Wildman–Crippen LogP) is 3.65. The molecule has 188 valence electrons. The Hall–Kier alpha value is -3.66. The summed E-state index contributed by atoms with van der Waals surface area (Å²) < 4.78 is 12.6. The van der Waals surface area contributed by atoms with Crippen molar-refractivity contribution < 1.29 is 19.7 Å². The Morgan fingerprint density at radius 3 is 2.75 bits per heavy atom. The van der Waals surface area contributed by atoms with Gasteiger partial charge < -0.3 is 25.0 Å². The maximum absolute atomic E-state index is 10.8. The first-order chi connectivity index (χ1) is 17.6. The number of likely N-dealkylation sites (tertiary alicyclic amines) is 1. The van der Waals surface area contributed by atoms with E-state index in [1.165, 1.54) is 0 Å². The summed E-state index contributed by atoms with van der Waals surface area (Å²) in [4.78, 5) is 6.68. The molecule has 0 saturated carbocycles. The molecule has 9 nitrogen and oxygen atoms in total. The third kappa shape index (κ3) is 4.86. The summed E-state index contributed by atoms with van der Waals surface area (Å²) in [6.45, 7) is 3.03. The largest absolute Gasteiger partial charge is 0.507 e. The van der Waals surface area contributed by atoms with Crippen LogP contribution in [0.4, 0.5) is 11.6 Å². The predicted molar refractivity (Wildman–Crippen MR) is 138 cm³/mol. The van der Waals surface area contributed by atoms with E-state index < -0.39 is 6.10 Å². The molecule has 9 heteroatoms. The summed E-state index contributed by atoms with van der Waals surface area (Å²) in [6, 6.07) is 16.9. The van der Waals surface area contributed by atoms with E-state index in [2.05, 4.69) is 20.3 Å². The second-order valence-corrected chi connectivity index (χ2v) is 8.99. The molecule has 2 unspecified atom stereocenters. The summed E-state index contributed by atoms with van der Waals surface area (Å²) in [5, 5.41) is 29.0. The van der Waals surface area contributed by atoms with E-state index in [9.17, 15) is 10.2 Å². The van der Waals surface area contributed by atoms with Gasteiger partial charge in [0.1, 0.15) is 11.5 Å². The summed E-state index contributed by atoms with van der Waals surface area (Å²) in [5.41, 5.74) is 4.04. The molecule has 0 bridgehead atoms. The van der Waals surface area contributed by atoms with Crippen LogP contribution in [0.5, 0.6) is 11.5 Å². The van der Waals surface area contributed by atoms with Crippen molar-refractivity contribution in [1.29, 1.82) is 0 Å². The lowest BCUT2D eigenvalue weighted by atomic mass is 9.87. The number of hydrogen-bond acceptors (Lipinski definition) is 8. The van der Waals surface area contributed by atoms with E-state index in [-0.39, 0.29) is 11.7 Å². The van der Waals surface area contributed by atoms with Gasteiger partial charge in [0.05, 0.1) is 42.9 Å². The Balaban J connectivity index is 1.37. The minimum Gasteiger partial charge on any atom is -0.507 e. The number of fused-ring (bicyclic) bond motifs is 1. The molecule has 0 radical (unpaired) electrons. The lowest BCUT2D eigenvalue weighted by molar-refractivity contribution is 0.0384. The van der Waals surface area contributed by atoms with Crippen LogP contribution >= 0.6 is 0 Å². The molecule has 1 saturated heterocycles. The second-order valence-electron chi connectivity index (χ2n) is 8.99. The van der Waals surface area contributed by atoms with Gasteiger partial charge in [0.15, 0.2) is 0 Å². The topological polar surface area (TPSA) is 104 Å².